The van der Waals surface area contributed by atoms with Gasteiger partial charge in [-0.05, 0) is 6.07 Å². The second-order valence-corrected chi connectivity index (χ2v) is 8.03. The topological polar surface area (TPSA) is 147 Å². The maximum absolute atomic E-state index is 13.5. The molecule has 0 bridgehead atoms. The maximum Gasteiger partial charge on any atom is 0.245 e. The van der Waals surface area contributed by atoms with Gasteiger partial charge >= 0.3 is 0 Å². The summed E-state index contributed by atoms with van der Waals surface area (Å²) in [7, 11) is 0. The molecule has 1 unspecified atom stereocenters. The number of benzene rings is 3. The van der Waals surface area contributed by atoms with E-state index >= 15 is 0 Å². The number of nitrogens with zero attached hydrogens (tertiary/aromatic N) is 2. The van der Waals surface area contributed by atoms with Gasteiger partial charge in [0.1, 0.15) is 34.6 Å². The minimum Gasteiger partial charge on any atom is -0.440 e. The van der Waals surface area contributed by atoms with Crippen LogP contribution in [0.5, 0.6) is 11.5 Å². The summed E-state index contributed by atoms with van der Waals surface area (Å²) in [6, 6.07) is 18.6. The minimum absolute atomic E-state index is 0.0387. The van der Waals surface area contributed by atoms with E-state index in [-0.39, 0.29) is 23.2 Å². The van der Waals surface area contributed by atoms with Crippen LogP contribution in [0.3, 0.4) is 0 Å². The van der Waals surface area contributed by atoms with Crippen molar-refractivity contribution in [3.05, 3.63) is 88.1 Å². The zero-order chi connectivity index (χ0) is 22.9. The number of anilines is 1. The SMILES string of the molecule is N#CC1=C(N)Oc2c(ccc3c4c(ccc23)C2(C(=O)Nc3ccccc32)C(C#N)=C(N)O4)C1. The molecule has 3 aromatic carbocycles. The number of nitriles is 2. The van der Waals surface area contributed by atoms with Gasteiger partial charge in [-0.15, -0.1) is 0 Å². The van der Waals surface area contributed by atoms with Crippen molar-refractivity contribution in [2.75, 3.05) is 5.32 Å². The highest BCUT2D eigenvalue weighted by atomic mass is 16.5. The molecule has 0 aliphatic carbocycles. The molecule has 1 atom stereocenters. The van der Waals surface area contributed by atoms with Crippen LogP contribution in [0, 0.1) is 22.7 Å². The van der Waals surface area contributed by atoms with Gasteiger partial charge in [0.05, 0.1) is 5.57 Å². The van der Waals surface area contributed by atoms with Crippen LogP contribution < -0.4 is 26.3 Å². The molecule has 3 aliphatic rings. The van der Waals surface area contributed by atoms with Crippen LogP contribution in [0.25, 0.3) is 10.8 Å². The van der Waals surface area contributed by atoms with Crippen molar-refractivity contribution < 1.29 is 14.3 Å². The van der Waals surface area contributed by atoms with Crippen molar-refractivity contribution in [1.82, 2.24) is 0 Å². The number of nitrogens with one attached hydrogen (secondary N) is 1. The fraction of sp³-hybridized carbons (Fsp3) is 0.0800. The first-order valence-corrected chi connectivity index (χ1v) is 10.2. The Kier molecular flexibility index (Phi) is 3.58. The molecule has 8 nitrogen and oxygen atoms in total. The zero-order valence-electron chi connectivity index (χ0n) is 17.1. The van der Waals surface area contributed by atoms with Crippen LogP contribution in [0.15, 0.2) is 71.4 Å². The summed E-state index contributed by atoms with van der Waals surface area (Å²) in [5, 5.41) is 23.5. The Morgan fingerprint density at radius 2 is 1.61 bits per heavy atom. The number of nitrogens with two attached hydrogens (primary N) is 2. The quantitative estimate of drug-likeness (QED) is 0.494. The smallest absolute Gasteiger partial charge is 0.245 e. The lowest BCUT2D eigenvalue weighted by molar-refractivity contribution is -0.118. The molecule has 0 saturated carbocycles. The molecule has 6 rings (SSSR count). The Morgan fingerprint density at radius 1 is 0.879 bits per heavy atom. The molecule has 8 heteroatoms. The Labute approximate surface area is 187 Å². The summed E-state index contributed by atoms with van der Waals surface area (Å²) in [5.74, 6) is 0.453. The van der Waals surface area contributed by atoms with E-state index in [2.05, 4.69) is 17.5 Å². The second kappa shape index (κ2) is 6.28. The Hall–Kier alpha value is -4.95. The monoisotopic (exact) mass is 433 g/mol. The van der Waals surface area contributed by atoms with E-state index in [9.17, 15) is 15.3 Å². The highest BCUT2D eigenvalue weighted by Gasteiger charge is 2.56. The predicted molar refractivity (Wildman–Crippen MR) is 118 cm³/mol. The number of hydrogen-bond acceptors (Lipinski definition) is 7. The van der Waals surface area contributed by atoms with E-state index in [1.54, 1.807) is 12.1 Å². The molecule has 1 amide bonds. The molecule has 0 aromatic heterocycles. The predicted octanol–water partition coefficient (Wildman–Crippen LogP) is 2.79. The van der Waals surface area contributed by atoms with Crippen LogP contribution in [0.4, 0.5) is 5.69 Å². The molecular formula is C25H15N5O3. The lowest BCUT2D eigenvalue weighted by Gasteiger charge is -2.34. The van der Waals surface area contributed by atoms with Crippen molar-refractivity contribution in [3.8, 4) is 23.6 Å². The van der Waals surface area contributed by atoms with Crippen LogP contribution in [0.2, 0.25) is 0 Å². The van der Waals surface area contributed by atoms with E-state index in [4.69, 9.17) is 20.9 Å². The van der Waals surface area contributed by atoms with E-state index in [0.29, 0.717) is 51.1 Å². The average Bonchev–Trinajstić information content (AvgIpc) is 3.11. The molecule has 0 radical (unpaired) electrons. The van der Waals surface area contributed by atoms with Gasteiger partial charge in [-0.3, -0.25) is 4.79 Å². The lowest BCUT2D eigenvalue weighted by atomic mass is 9.68. The number of rotatable bonds is 0. The highest BCUT2D eigenvalue weighted by Crippen LogP contribution is 2.55. The normalized spacial score (nSPS) is 20.2. The number of hydrogen-bond donors (Lipinski definition) is 3. The van der Waals surface area contributed by atoms with Crippen molar-refractivity contribution in [2.45, 2.75) is 11.8 Å². The number of amides is 1. The maximum atomic E-state index is 13.5. The van der Waals surface area contributed by atoms with Gasteiger partial charge in [-0.2, -0.15) is 10.5 Å². The van der Waals surface area contributed by atoms with Crippen LogP contribution >= 0.6 is 0 Å². The Morgan fingerprint density at radius 3 is 2.39 bits per heavy atom. The van der Waals surface area contributed by atoms with Crippen LogP contribution in [-0.2, 0) is 16.6 Å². The molecule has 1 spiro atoms. The number of carbonyl (C=O) groups is 1. The molecule has 0 saturated heterocycles. The molecule has 5 N–H and O–H groups in total. The molecule has 158 valence electrons. The van der Waals surface area contributed by atoms with Crippen LogP contribution in [0.1, 0.15) is 16.7 Å². The number of fused-ring (bicyclic) bond motifs is 8. The number of para-hydroxylation sites is 1. The first kappa shape index (κ1) is 18.8. The van der Waals surface area contributed by atoms with E-state index in [1.165, 1.54) is 0 Å². The summed E-state index contributed by atoms with van der Waals surface area (Å²) in [5.41, 5.74) is 13.7. The van der Waals surface area contributed by atoms with Gasteiger partial charge in [0.2, 0.25) is 17.7 Å². The molecule has 3 aliphatic heterocycles. The third-order valence-corrected chi connectivity index (χ3v) is 6.46. The fourth-order valence-corrected chi connectivity index (χ4v) is 5.00. The van der Waals surface area contributed by atoms with E-state index < -0.39 is 5.41 Å². The fourth-order valence-electron chi connectivity index (χ4n) is 5.00. The molecule has 3 heterocycles. The number of allylic oxidation sites excluding steroid dienone is 1. The molecular weight excluding hydrogens is 418 g/mol. The molecule has 33 heavy (non-hydrogen) atoms. The van der Waals surface area contributed by atoms with Crippen molar-refractivity contribution in [3.63, 3.8) is 0 Å². The first-order valence-electron chi connectivity index (χ1n) is 10.2. The Balaban J connectivity index is 1.67. The van der Waals surface area contributed by atoms with Crippen LogP contribution in [-0.4, -0.2) is 5.91 Å². The summed E-state index contributed by atoms with van der Waals surface area (Å²) in [4.78, 5) is 13.5. The number of ether oxygens (including phenoxy) is 2. The van der Waals surface area contributed by atoms with E-state index in [0.717, 1.165) is 5.56 Å². The minimum atomic E-state index is -1.43. The van der Waals surface area contributed by atoms with Gasteiger partial charge in [-0.25, -0.2) is 0 Å². The van der Waals surface area contributed by atoms with Gasteiger partial charge in [0, 0.05) is 39.6 Å². The third kappa shape index (κ3) is 2.19. The molecule has 0 fully saturated rings. The Bertz CT molecular complexity index is 1590. The lowest BCUT2D eigenvalue weighted by Crippen LogP contribution is -2.42. The van der Waals surface area contributed by atoms with Gasteiger partial charge in [0.15, 0.2) is 0 Å². The average molecular weight is 433 g/mol. The van der Waals surface area contributed by atoms with Crippen molar-refractivity contribution in [1.29, 1.82) is 10.5 Å². The highest BCUT2D eigenvalue weighted by molar-refractivity contribution is 6.14. The third-order valence-electron chi connectivity index (χ3n) is 6.46. The molecule has 3 aromatic rings. The second-order valence-electron chi connectivity index (χ2n) is 8.03. The number of carbonyl (C=O) groups excluding carboxylic acids is 1. The van der Waals surface area contributed by atoms with Gasteiger partial charge < -0.3 is 26.3 Å². The van der Waals surface area contributed by atoms with Gasteiger partial charge in [-0.1, -0.05) is 42.5 Å². The largest absolute Gasteiger partial charge is 0.440 e. The summed E-state index contributed by atoms with van der Waals surface area (Å²) in [6.45, 7) is 0. The first-order chi connectivity index (χ1) is 16.0. The standard InChI is InChI=1S/C25H15N5O3/c26-10-13-9-12-5-6-15-14(20(12)32-22(13)28)7-8-17-21(15)33-23(29)18(11-27)25(17)16-3-1-2-4-19(16)30-24(25)31/h1-8H,9,28-29H2,(H,30,31). The van der Waals surface area contributed by atoms with Crippen molar-refractivity contribution in [2.24, 2.45) is 11.5 Å². The van der Waals surface area contributed by atoms with Crippen molar-refractivity contribution >= 4 is 22.4 Å². The summed E-state index contributed by atoms with van der Waals surface area (Å²) >= 11 is 0. The zero-order valence-corrected chi connectivity index (χ0v) is 17.1. The van der Waals surface area contributed by atoms with E-state index in [1.807, 2.05) is 36.4 Å². The van der Waals surface area contributed by atoms with Gasteiger partial charge in [0.25, 0.3) is 0 Å². The summed E-state index contributed by atoms with van der Waals surface area (Å²) < 4.78 is 11.8. The summed E-state index contributed by atoms with van der Waals surface area (Å²) in [6.07, 6.45) is 0.353.